The maximum absolute atomic E-state index is 11.5. The van der Waals surface area contributed by atoms with E-state index in [4.69, 9.17) is 10.5 Å². The standard InChI is InChI=1S/C10H12N2O2/c11-7-1-3-12-9(5-7)8-6-14-4-2-10(8)13/h1,3,5,8H,2,4,6H2,(H2,11,12). The molecule has 0 aromatic carbocycles. The van der Waals surface area contributed by atoms with Gasteiger partial charge in [0.15, 0.2) is 0 Å². The molecule has 1 aliphatic rings. The van der Waals surface area contributed by atoms with Crippen molar-refractivity contribution in [3.8, 4) is 0 Å². The Balaban J connectivity index is 2.24. The highest BCUT2D eigenvalue weighted by molar-refractivity contribution is 5.86. The highest BCUT2D eigenvalue weighted by atomic mass is 16.5. The summed E-state index contributed by atoms with van der Waals surface area (Å²) in [5, 5.41) is 0. The van der Waals surface area contributed by atoms with Gasteiger partial charge in [-0.15, -0.1) is 0 Å². The van der Waals surface area contributed by atoms with Gasteiger partial charge in [-0.3, -0.25) is 9.78 Å². The number of aromatic nitrogens is 1. The molecule has 1 fully saturated rings. The van der Waals surface area contributed by atoms with Crippen LogP contribution in [0.1, 0.15) is 18.0 Å². The summed E-state index contributed by atoms with van der Waals surface area (Å²) in [6.45, 7) is 0.951. The first-order valence-corrected chi connectivity index (χ1v) is 4.59. The van der Waals surface area contributed by atoms with E-state index >= 15 is 0 Å². The van der Waals surface area contributed by atoms with Gasteiger partial charge in [-0.05, 0) is 12.1 Å². The third kappa shape index (κ3) is 1.75. The van der Waals surface area contributed by atoms with E-state index in [2.05, 4.69) is 4.98 Å². The molecule has 2 heterocycles. The van der Waals surface area contributed by atoms with E-state index in [-0.39, 0.29) is 11.7 Å². The average molecular weight is 192 g/mol. The number of nitrogens with two attached hydrogens (primary N) is 1. The van der Waals surface area contributed by atoms with Crippen molar-refractivity contribution in [1.82, 2.24) is 4.98 Å². The van der Waals surface area contributed by atoms with E-state index in [0.29, 0.717) is 25.3 Å². The smallest absolute Gasteiger partial charge is 0.146 e. The number of nitrogens with zero attached hydrogens (tertiary/aromatic N) is 1. The summed E-state index contributed by atoms with van der Waals surface area (Å²) < 4.78 is 5.25. The number of hydrogen-bond acceptors (Lipinski definition) is 4. The maximum atomic E-state index is 11.5. The molecular weight excluding hydrogens is 180 g/mol. The van der Waals surface area contributed by atoms with Gasteiger partial charge in [0.05, 0.1) is 24.8 Å². The minimum Gasteiger partial charge on any atom is -0.399 e. The van der Waals surface area contributed by atoms with Crippen molar-refractivity contribution in [2.75, 3.05) is 18.9 Å². The fraction of sp³-hybridized carbons (Fsp3) is 0.400. The van der Waals surface area contributed by atoms with Gasteiger partial charge in [-0.2, -0.15) is 0 Å². The molecule has 14 heavy (non-hydrogen) atoms. The summed E-state index contributed by atoms with van der Waals surface area (Å²) in [5.41, 5.74) is 6.97. The number of Topliss-reactive ketones (excluding diaryl/α,β-unsaturated/α-hetero) is 1. The Hall–Kier alpha value is -1.42. The van der Waals surface area contributed by atoms with Crippen molar-refractivity contribution in [2.45, 2.75) is 12.3 Å². The molecule has 1 aliphatic heterocycles. The van der Waals surface area contributed by atoms with Gasteiger partial charge >= 0.3 is 0 Å². The molecule has 0 spiro atoms. The molecule has 0 amide bonds. The predicted molar refractivity (Wildman–Crippen MR) is 51.8 cm³/mol. The molecule has 1 aromatic heterocycles. The van der Waals surface area contributed by atoms with Crippen molar-refractivity contribution in [3.63, 3.8) is 0 Å². The zero-order chi connectivity index (χ0) is 9.97. The molecular formula is C10H12N2O2. The van der Waals surface area contributed by atoms with Crippen LogP contribution in [0.4, 0.5) is 5.69 Å². The zero-order valence-corrected chi connectivity index (χ0v) is 7.77. The SMILES string of the molecule is Nc1ccnc(C2COCCC2=O)c1. The second-order valence-electron chi connectivity index (χ2n) is 3.36. The number of ketones is 1. The number of nitrogen functional groups attached to an aromatic ring is 1. The topological polar surface area (TPSA) is 65.2 Å². The summed E-state index contributed by atoms with van der Waals surface area (Å²) in [6, 6.07) is 3.44. The van der Waals surface area contributed by atoms with E-state index in [9.17, 15) is 4.79 Å². The van der Waals surface area contributed by atoms with Crippen molar-refractivity contribution in [1.29, 1.82) is 0 Å². The van der Waals surface area contributed by atoms with Gasteiger partial charge in [0.2, 0.25) is 0 Å². The van der Waals surface area contributed by atoms with E-state index in [1.165, 1.54) is 0 Å². The molecule has 74 valence electrons. The van der Waals surface area contributed by atoms with Crippen LogP contribution in [0, 0.1) is 0 Å². The minimum absolute atomic E-state index is 0.189. The Morgan fingerprint density at radius 1 is 1.57 bits per heavy atom. The summed E-state index contributed by atoms with van der Waals surface area (Å²) in [5.74, 6) is -0.0402. The number of carbonyl (C=O) groups excluding carboxylic acids is 1. The first-order valence-electron chi connectivity index (χ1n) is 4.59. The molecule has 1 unspecified atom stereocenters. The van der Waals surface area contributed by atoms with Gasteiger partial charge in [0.25, 0.3) is 0 Å². The maximum Gasteiger partial charge on any atom is 0.146 e. The van der Waals surface area contributed by atoms with E-state index in [0.717, 1.165) is 5.69 Å². The van der Waals surface area contributed by atoms with Crippen LogP contribution in [-0.2, 0) is 9.53 Å². The van der Waals surface area contributed by atoms with Crippen LogP contribution in [-0.4, -0.2) is 24.0 Å². The highest BCUT2D eigenvalue weighted by Crippen LogP contribution is 2.21. The molecule has 1 saturated heterocycles. The number of rotatable bonds is 1. The quantitative estimate of drug-likeness (QED) is 0.712. The van der Waals surface area contributed by atoms with Crippen molar-refractivity contribution in [3.05, 3.63) is 24.0 Å². The van der Waals surface area contributed by atoms with Gasteiger partial charge in [0.1, 0.15) is 5.78 Å². The summed E-state index contributed by atoms with van der Waals surface area (Å²) in [7, 11) is 0. The monoisotopic (exact) mass is 192 g/mol. The van der Waals surface area contributed by atoms with Crippen LogP contribution in [0.25, 0.3) is 0 Å². The molecule has 0 aliphatic carbocycles. The zero-order valence-electron chi connectivity index (χ0n) is 7.77. The second kappa shape index (κ2) is 3.75. The Morgan fingerprint density at radius 2 is 2.43 bits per heavy atom. The van der Waals surface area contributed by atoms with Crippen LogP contribution in [0.3, 0.4) is 0 Å². The van der Waals surface area contributed by atoms with Crippen molar-refractivity contribution in [2.24, 2.45) is 0 Å². The number of ether oxygens (including phenoxy) is 1. The van der Waals surface area contributed by atoms with Crippen LogP contribution in [0.2, 0.25) is 0 Å². The second-order valence-corrected chi connectivity index (χ2v) is 3.36. The lowest BCUT2D eigenvalue weighted by Gasteiger charge is -2.20. The molecule has 4 nitrogen and oxygen atoms in total. The van der Waals surface area contributed by atoms with Crippen LogP contribution >= 0.6 is 0 Å². The fourth-order valence-electron chi connectivity index (χ4n) is 1.55. The molecule has 2 N–H and O–H groups in total. The Kier molecular flexibility index (Phi) is 2.45. The largest absolute Gasteiger partial charge is 0.399 e. The lowest BCUT2D eigenvalue weighted by molar-refractivity contribution is -0.126. The Morgan fingerprint density at radius 3 is 3.14 bits per heavy atom. The summed E-state index contributed by atoms with van der Waals surface area (Å²) in [6.07, 6.45) is 2.09. The number of pyridine rings is 1. The lowest BCUT2D eigenvalue weighted by atomic mass is 9.96. The van der Waals surface area contributed by atoms with Crippen LogP contribution < -0.4 is 5.73 Å². The third-order valence-corrected chi connectivity index (χ3v) is 2.33. The summed E-state index contributed by atoms with van der Waals surface area (Å²) >= 11 is 0. The molecule has 0 bridgehead atoms. The summed E-state index contributed by atoms with van der Waals surface area (Å²) in [4.78, 5) is 15.7. The molecule has 1 aromatic rings. The molecule has 0 radical (unpaired) electrons. The molecule has 1 atom stereocenters. The molecule has 4 heteroatoms. The third-order valence-electron chi connectivity index (χ3n) is 2.33. The number of hydrogen-bond donors (Lipinski definition) is 1. The van der Waals surface area contributed by atoms with Gasteiger partial charge in [-0.1, -0.05) is 0 Å². The van der Waals surface area contributed by atoms with Gasteiger partial charge in [0, 0.05) is 18.3 Å². The van der Waals surface area contributed by atoms with Crippen LogP contribution in [0.15, 0.2) is 18.3 Å². The fourth-order valence-corrected chi connectivity index (χ4v) is 1.55. The number of anilines is 1. The molecule has 2 rings (SSSR count). The highest BCUT2D eigenvalue weighted by Gasteiger charge is 2.25. The lowest BCUT2D eigenvalue weighted by Crippen LogP contribution is -2.26. The van der Waals surface area contributed by atoms with E-state index in [1.54, 1.807) is 18.3 Å². The predicted octanol–water partition coefficient (Wildman–Crippen LogP) is 0.737. The Labute approximate surface area is 82.1 Å². The van der Waals surface area contributed by atoms with Gasteiger partial charge < -0.3 is 10.5 Å². The first-order chi connectivity index (χ1) is 6.77. The van der Waals surface area contributed by atoms with E-state index < -0.39 is 0 Å². The van der Waals surface area contributed by atoms with Crippen LogP contribution in [0.5, 0.6) is 0 Å². The van der Waals surface area contributed by atoms with Crippen molar-refractivity contribution < 1.29 is 9.53 Å². The number of carbonyl (C=O) groups is 1. The first kappa shape index (κ1) is 9.15. The van der Waals surface area contributed by atoms with Gasteiger partial charge in [-0.25, -0.2) is 0 Å². The molecule has 0 saturated carbocycles. The Bertz CT molecular complexity index is 352. The minimum atomic E-state index is -0.229. The van der Waals surface area contributed by atoms with Crippen molar-refractivity contribution >= 4 is 11.5 Å². The average Bonchev–Trinajstić information content (AvgIpc) is 2.18. The normalized spacial score (nSPS) is 22.3. The van der Waals surface area contributed by atoms with E-state index in [1.807, 2.05) is 0 Å².